The normalized spacial score (nSPS) is 20.4. The lowest BCUT2D eigenvalue weighted by Gasteiger charge is -2.37. The van der Waals surface area contributed by atoms with Crippen LogP contribution < -0.4 is 14.8 Å². The second kappa shape index (κ2) is 10.6. The molecule has 0 bridgehead atoms. The number of ketones is 1. The van der Waals surface area contributed by atoms with Gasteiger partial charge in [-0.3, -0.25) is 4.79 Å². The molecule has 3 unspecified atom stereocenters. The Balaban J connectivity index is 1.76. The number of nitrogens with one attached hydrogen (secondary N) is 1. The van der Waals surface area contributed by atoms with Crippen LogP contribution >= 0.6 is 0 Å². The number of carbonyl (C=O) groups excluding carboxylic acids is 2. The van der Waals surface area contributed by atoms with Gasteiger partial charge in [0.05, 0.1) is 25.9 Å². The van der Waals surface area contributed by atoms with Crippen molar-refractivity contribution in [3.63, 3.8) is 0 Å². The second-order valence-electron chi connectivity index (χ2n) is 9.67. The highest BCUT2D eigenvalue weighted by molar-refractivity contribution is 6.04. The number of benzene rings is 2. The second-order valence-corrected chi connectivity index (χ2v) is 9.67. The van der Waals surface area contributed by atoms with Gasteiger partial charge in [-0.05, 0) is 62.8 Å². The molecular weight excluding hydrogens is 454 g/mol. The van der Waals surface area contributed by atoms with Crippen LogP contribution in [0.5, 0.6) is 11.5 Å². The molecule has 0 aromatic heterocycles. The van der Waals surface area contributed by atoms with Gasteiger partial charge < -0.3 is 19.5 Å². The summed E-state index contributed by atoms with van der Waals surface area (Å²) < 4.78 is 16.6. The summed E-state index contributed by atoms with van der Waals surface area (Å²) in [5.41, 5.74) is 5.80. The van der Waals surface area contributed by atoms with E-state index < -0.39 is 5.92 Å². The van der Waals surface area contributed by atoms with E-state index in [2.05, 4.69) is 11.4 Å². The lowest BCUT2D eigenvalue weighted by atomic mass is 9.71. The first-order valence-electron chi connectivity index (χ1n) is 12.5. The van der Waals surface area contributed by atoms with E-state index >= 15 is 0 Å². The molecule has 4 rings (SSSR count). The van der Waals surface area contributed by atoms with E-state index in [1.165, 1.54) is 0 Å². The van der Waals surface area contributed by atoms with Crippen molar-refractivity contribution in [3.05, 3.63) is 81.7 Å². The molecule has 0 fully saturated rings. The molecule has 190 valence electrons. The summed E-state index contributed by atoms with van der Waals surface area (Å²) in [7, 11) is 3.21. The number of Topliss-reactive ketones (excluding diaryl/α,β-unsaturated/α-hetero) is 1. The number of rotatable bonds is 7. The average molecular weight is 490 g/mol. The molecule has 2 aromatic rings. The predicted molar refractivity (Wildman–Crippen MR) is 139 cm³/mol. The van der Waals surface area contributed by atoms with Gasteiger partial charge in [0.15, 0.2) is 17.3 Å². The molecule has 0 spiro atoms. The molecule has 0 saturated carbocycles. The zero-order valence-electron chi connectivity index (χ0n) is 21.9. The van der Waals surface area contributed by atoms with Crippen LogP contribution in [0.1, 0.15) is 68.6 Å². The molecule has 1 N–H and O–H groups in total. The largest absolute Gasteiger partial charge is 0.493 e. The zero-order chi connectivity index (χ0) is 26.0. The average Bonchev–Trinajstić information content (AvgIpc) is 2.86. The van der Waals surface area contributed by atoms with Crippen LogP contribution in [0.15, 0.2) is 65.0 Å². The van der Waals surface area contributed by atoms with Crippen molar-refractivity contribution >= 4 is 11.8 Å². The van der Waals surface area contributed by atoms with E-state index in [1.807, 2.05) is 64.1 Å². The molecule has 1 aliphatic heterocycles. The van der Waals surface area contributed by atoms with Crippen molar-refractivity contribution in [2.24, 2.45) is 0 Å². The van der Waals surface area contributed by atoms with Crippen LogP contribution in [-0.2, 0) is 14.3 Å². The molecule has 6 heteroatoms. The smallest absolute Gasteiger partial charge is 0.337 e. The quantitative estimate of drug-likeness (QED) is 0.502. The number of esters is 1. The predicted octanol–water partition coefficient (Wildman–Crippen LogP) is 5.72. The van der Waals surface area contributed by atoms with Gasteiger partial charge in [0.1, 0.15) is 0 Å². The molecule has 3 atom stereocenters. The number of hydrogen-bond donors (Lipinski definition) is 1. The minimum Gasteiger partial charge on any atom is -0.493 e. The summed E-state index contributed by atoms with van der Waals surface area (Å²) in [6.45, 7) is 7.78. The fourth-order valence-electron chi connectivity index (χ4n) is 5.16. The van der Waals surface area contributed by atoms with Gasteiger partial charge in [0.25, 0.3) is 0 Å². The van der Waals surface area contributed by atoms with E-state index in [0.29, 0.717) is 35.5 Å². The first kappa shape index (κ1) is 25.5. The Morgan fingerprint density at radius 3 is 2.44 bits per heavy atom. The van der Waals surface area contributed by atoms with E-state index in [9.17, 15) is 9.59 Å². The maximum Gasteiger partial charge on any atom is 0.337 e. The SMILES string of the molecule is CCC(C)OC(=O)C1=C(C)NC2=C(C(=O)CC(c3ccc(OC)c(OC)c3)C2)C1c1cccc(C)c1. The lowest BCUT2D eigenvalue weighted by Crippen LogP contribution is -2.36. The van der Waals surface area contributed by atoms with Crippen molar-refractivity contribution < 1.29 is 23.8 Å². The summed E-state index contributed by atoms with van der Waals surface area (Å²) in [5, 5.41) is 3.42. The van der Waals surface area contributed by atoms with Crippen molar-refractivity contribution in [1.29, 1.82) is 0 Å². The molecule has 0 amide bonds. The number of dihydropyridines is 1. The molecule has 0 radical (unpaired) electrons. The molecule has 2 aliphatic rings. The number of methoxy groups -OCH3 is 2. The third kappa shape index (κ3) is 4.90. The molecular formula is C30H35NO5. The van der Waals surface area contributed by atoms with E-state index in [1.54, 1.807) is 14.2 Å². The number of allylic oxidation sites excluding steroid dienone is 3. The van der Waals surface area contributed by atoms with Crippen LogP contribution in [0.2, 0.25) is 0 Å². The van der Waals surface area contributed by atoms with E-state index in [0.717, 1.165) is 34.5 Å². The highest BCUT2D eigenvalue weighted by Gasteiger charge is 2.41. The summed E-state index contributed by atoms with van der Waals surface area (Å²) in [4.78, 5) is 27.1. The van der Waals surface area contributed by atoms with Gasteiger partial charge in [-0.1, -0.05) is 42.8 Å². The summed E-state index contributed by atoms with van der Waals surface area (Å²) >= 11 is 0. The Hall–Kier alpha value is -3.54. The minimum atomic E-state index is -0.462. The van der Waals surface area contributed by atoms with Crippen molar-refractivity contribution in [2.45, 2.75) is 64.9 Å². The topological polar surface area (TPSA) is 73.9 Å². The summed E-state index contributed by atoms with van der Waals surface area (Å²) in [6, 6.07) is 13.8. The Kier molecular flexibility index (Phi) is 7.53. The van der Waals surface area contributed by atoms with Gasteiger partial charge in [-0.2, -0.15) is 0 Å². The fraction of sp³-hybridized carbons (Fsp3) is 0.400. The van der Waals surface area contributed by atoms with Crippen LogP contribution in [0.25, 0.3) is 0 Å². The van der Waals surface area contributed by atoms with Gasteiger partial charge in [-0.15, -0.1) is 0 Å². The first-order chi connectivity index (χ1) is 17.3. The van der Waals surface area contributed by atoms with Crippen molar-refractivity contribution in [3.8, 4) is 11.5 Å². The number of carbonyl (C=O) groups is 2. The Morgan fingerprint density at radius 2 is 1.78 bits per heavy atom. The number of ether oxygens (including phenoxy) is 3. The monoisotopic (exact) mass is 489 g/mol. The Morgan fingerprint density at radius 1 is 1.03 bits per heavy atom. The van der Waals surface area contributed by atoms with Crippen LogP contribution in [0, 0.1) is 6.92 Å². The molecule has 36 heavy (non-hydrogen) atoms. The Bertz CT molecular complexity index is 1240. The first-order valence-corrected chi connectivity index (χ1v) is 12.5. The van der Waals surface area contributed by atoms with E-state index in [-0.39, 0.29) is 23.8 Å². The molecule has 1 aliphatic carbocycles. The van der Waals surface area contributed by atoms with Crippen LogP contribution in [0.4, 0.5) is 0 Å². The zero-order valence-corrected chi connectivity index (χ0v) is 21.9. The van der Waals surface area contributed by atoms with E-state index in [4.69, 9.17) is 14.2 Å². The van der Waals surface area contributed by atoms with Gasteiger partial charge in [0.2, 0.25) is 0 Å². The van der Waals surface area contributed by atoms with Gasteiger partial charge >= 0.3 is 5.97 Å². The van der Waals surface area contributed by atoms with Crippen LogP contribution in [-0.4, -0.2) is 32.1 Å². The third-order valence-electron chi connectivity index (χ3n) is 7.19. The number of aryl methyl sites for hydroxylation is 1. The molecule has 2 aromatic carbocycles. The lowest BCUT2D eigenvalue weighted by molar-refractivity contribution is -0.144. The molecule has 0 saturated heterocycles. The standard InChI is InChI=1S/C30H35NO5/c1-7-18(3)36-30(33)27-19(4)31-23-14-22(20-11-12-25(34-5)26(16-20)35-6)15-24(32)29(23)28(27)21-10-8-9-17(2)13-21/h8-13,16,18,22,28,31H,7,14-15H2,1-6H3. The maximum absolute atomic E-state index is 13.8. The Labute approximate surface area is 213 Å². The molecule has 1 heterocycles. The fourth-order valence-corrected chi connectivity index (χ4v) is 5.16. The highest BCUT2D eigenvalue weighted by Crippen LogP contribution is 2.46. The third-order valence-corrected chi connectivity index (χ3v) is 7.19. The van der Waals surface area contributed by atoms with Crippen molar-refractivity contribution in [1.82, 2.24) is 5.32 Å². The summed E-state index contributed by atoms with van der Waals surface area (Å²) in [5.74, 6) is 0.489. The maximum atomic E-state index is 13.8. The van der Waals surface area contributed by atoms with Gasteiger partial charge in [0, 0.05) is 29.3 Å². The molecule has 6 nitrogen and oxygen atoms in total. The van der Waals surface area contributed by atoms with Crippen molar-refractivity contribution in [2.75, 3.05) is 14.2 Å². The number of hydrogen-bond acceptors (Lipinski definition) is 6. The van der Waals surface area contributed by atoms with Crippen LogP contribution in [0.3, 0.4) is 0 Å². The summed E-state index contributed by atoms with van der Waals surface area (Å²) in [6.07, 6.45) is 1.53. The van der Waals surface area contributed by atoms with Gasteiger partial charge in [-0.25, -0.2) is 4.79 Å². The highest BCUT2D eigenvalue weighted by atomic mass is 16.5. The minimum absolute atomic E-state index is 0.0110.